The van der Waals surface area contributed by atoms with Crippen LogP contribution >= 0.6 is 11.6 Å². The van der Waals surface area contributed by atoms with Crippen LogP contribution in [0.5, 0.6) is 0 Å². The first-order chi connectivity index (χ1) is 16.5. The van der Waals surface area contributed by atoms with E-state index in [0.29, 0.717) is 23.1 Å². The van der Waals surface area contributed by atoms with Crippen LogP contribution in [0.25, 0.3) is 11.8 Å². The smallest absolute Gasteiger partial charge is 0.247 e. The molecule has 0 aliphatic carbocycles. The van der Waals surface area contributed by atoms with Gasteiger partial charge in [-0.15, -0.1) is 0 Å². The molecule has 0 aliphatic rings. The van der Waals surface area contributed by atoms with E-state index in [1.165, 1.54) is 6.08 Å². The summed E-state index contributed by atoms with van der Waals surface area (Å²) in [6, 6.07) is 18.8. The fraction of sp³-hybridized carbons (Fsp3) is 0.321. The molecule has 0 spiro atoms. The van der Waals surface area contributed by atoms with E-state index in [-0.39, 0.29) is 29.7 Å². The predicted molar refractivity (Wildman–Crippen MR) is 143 cm³/mol. The molecule has 1 N–H and O–H groups in total. The largest absolute Gasteiger partial charge is 0.330 e. The minimum Gasteiger partial charge on any atom is -0.330 e. The Bertz CT molecular complexity index is 1190. The standard InChI is InChI=1S/C28H33ClN4O2/c1-20(2)18-32(27(35)16-15-21-11-7-6-8-12-21)19-26(34)30-25-17-24(28(3,4)5)31-33(25)23-14-10-9-13-22(23)29/h6-17,20H,18-19H2,1-5H3,(H,30,34). The highest BCUT2D eigenvalue weighted by Gasteiger charge is 2.23. The summed E-state index contributed by atoms with van der Waals surface area (Å²) in [7, 11) is 0. The zero-order chi connectivity index (χ0) is 25.6. The van der Waals surface area contributed by atoms with E-state index in [0.717, 1.165) is 11.3 Å². The molecule has 2 amide bonds. The van der Waals surface area contributed by atoms with Crippen molar-refractivity contribution in [3.8, 4) is 5.69 Å². The summed E-state index contributed by atoms with van der Waals surface area (Å²) in [6.45, 7) is 10.6. The molecule has 0 aliphatic heterocycles. The molecule has 6 nitrogen and oxygen atoms in total. The molecule has 0 saturated carbocycles. The van der Waals surface area contributed by atoms with Gasteiger partial charge in [0.25, 0.3) is 0 Å². The Labute approximate surface area is 212 Å². The van der Waals surface area contributed by atoms with E-state index in [9.17, 15) is 9.59 Å². The van der Waals surface area contributed by atoms with Crippen LogP contribution in [0.4, 0.5) is 5.82 Å². The summed E-state index contributed by atoms with van der Waals surface area (Å²) in [5.41, 5.74) is 2.18. The Morgan fingerprint density at radius 2 is 1.74 bits per heavy atom. The van der Waals surface area contributed by atoms with Crippen LogP contribution in [0.1, 0.15) is 45.9 Å². The number of halogens is 1. The average molecular weight is 493 g/mol. The molecule has 3 aromatic rings. The quantitative estimate of drug-likeness (QED) is 0.394. The molecule has 35 heavy (non-hydrogen) atoms. The van der Waals surface area contributed by atoms with E-state index in [1.807, 2.05) is 68.4 Å². The lowest BCUT2D eigenvalue weighted by atomic mass is 9.92. The summed E-state index contributed by atoms with van der Waals surface area (Å²) in [4.78, 5) is 27.6. The van der Waals surface area contributed by atoms with Gasteiger partial charge in [-0.1, -0.05) is 88.7 Å². The number of amides is 2. The number of carbonyl (C=O) groups excluding carboxylic acids is 2. The van der Waals surface area contributed by atoms with Gasteiger partial charge in [0.05, 0.1) is 16.4 Å². The summed E-state index contributed by atoms with van der Waals surface area (Å²) < 4.78 is 1.64. The van der Waals surface area contributed by atoms with Gasteiger partial charge in [-0.3, -0.25) is 9.59 Å². The summed E-state index contributed by atoms with van der Waals surface area (Å²) in [5.74, 6) is 0.191. The number of para-hydroxylation sites is 1. The average Bonchev–Trinajstić information content (AvgIpc) is 3.21. The first-order valence-corrected chi connectivity index (χ1v) is 12.1. The topological polar surface area (TPSA) is 67.2 Å². The lowest BCUT2D eigenvalue weighted by Gasteiger charge is -2.23. The Morgan fingerprint density at radius 1 is 1.09 bits per heavy atom. The molecule has 0 atom stereocenters. The molecule has 1 heterocycles. The molecular formula is C28H33ClN4O2. The number of benzene rings is 2. The third kappa shape index (κ3) is 7.30. The van der Waals surface area contributed by atoms with Gasteiger partial charge < -0.3 is 10.2 Å². The second kappa shape index (κ2) is 11.4. The van der Waals surface area contributed by atoms with Crippen molar-refractivity contribution in [1.29, 1.82) is 0 Å². The Hall–Kier alpha value is -3.38. The van der Waals surface area contributed by atoms with Gasteiger partial charge in [0, 0.05) is 24.1 Å². The van der Waals surface area contributed by atoms with Crippen molar-refractivity contribution >= 4 is 35.3 Å². The maximum atomic E-state index is 13.1. The first-order valence-electron chi connectivity index (χ1n) is 11.7. The number of hydrogen-bond acceptors (Lipinski definition) is 3. The number of carbonyl (C=O) groups is 2. The van der Waals surface area contributed by atoms with Gasteiger partial charge in [-0.25, -0.2) is 4.68 Å². The molecule has 0 bridgehead atoms. The zero-order valence-electron chi connectivity index (χ0n) is 21.0. The number of anilines is 1. The van der Waals surface area contributed by atoms with E-state index in [4.69, 9.17) is 16.7 Å². The number of nitrogens with one attached hydrogen (secondary N) is 1. The molecule has 7 heteroatoms. The van der Waals surface area contributed by atoms with Crippen LogP contribution in [0, 0.1) is 5.92 Å². The summed E-state index contributed by atoms with van der Waals surface area (Å²) >= 11 is 6.43. The number of nitrogens with zero attached hydrogens (tertiary/aromatic N) is 3. The molecule has 184 valence electrons. The summed E-state index contributed by atoms with van der Waals surface area (Å²) in [6.07, 6.45) is 3.27. The van der Waals surface area contributed by atoms with Crippen molar-refractivity contribution in [2.24, 2.45) is 5.92 Å². The fourth-order valence-corrected chi connectivity index (χ4v) is 3.73. The highest BCUT2D eigenvalue weighted by molar-refractivity contribution is 6.32. The van der Waals surface area contributed by atoms with Crippen molar-refractivity contribution in [3.63, 3.8) is 0 Å². The highest BCUT2D eigenvalue weighted by atomic mass is 35.5. The normalized spacial score (nSPS) is 11.7. The SMILES string of the molecule is CC(C)CN(CC(=O)Nc1cc(C(C)(C)C)nn1-c1ccccc1Cl)C(=O)C=Cc1ccccc1. The van der Waals surface area contributed by atoms with Crippen LogP contribution in [-0.4, -0.2) is 39.6 Å². The Morgan fingerprint density at radius 3 is 2.37 bits per heavy atom. The second-order valence-corrected chi connectivity index (χ2v) is 10.3. The van der Waals surface area contributed by atoms with Crippen LogP contribution in [0.3, 0.4) is 0 Å². The highest BCUT2D eigenvalue weighted by Crippen LogP contribution is 2.29. The van der Waals surface area contributed by atoms with Gasteiger partial charge in [-0.2, -0.15) is 5.10 Å². The molecule has 2 aromatic carbocycles. The van der Waals surface area contributed by atoms with Crippen molar-refractivity contribution in [2.75, 3.05) is 18.4 Å². The van der Waals surface area contributed by atoms with Crippen molar-refractivity contribution in [2.45, 2.75) is 40.0 Å². The van der Waals surface area contributed by atoms with Crippen molar-refractivity contribution < 1.29 is 9.59 Å². The van der Waals surface area contributed by atoms with Crippen LogP contribution in [0.15, 0.2) is 66.7 Å². The van der Waals surface area contributed by atoms with Gasteiger partial charge in [0.1, 0.15) is 12.4 Å². The van der Waals surface area contributed by atoms with E-state index in [2.05, 4.69) is 26.1 Å². The number of hydrogen-bond donors (Lipinski definition) is 1. The fourth-order valence-electron chi connectivity index (χ4n) is 3.51. The second-order valence-electron chi connectivity index (χ2n) is 9.93. The molecule has 0 unspecified atom stereocenters. The number of rotatable bonds is 8. The van der Waals surface area contributed by atoms with E-state index < -0.39 is 0 Å². The van der Waals surface area contributed by atoms with Gasteiger partial charge in [-0.05, 0) is 29.7 Å². The van der Waals surface area contributed by atoms with Gasteiger partial charge >= 0.3 is 0 Å². The first kappa shape index (κ1) is 26.2. The Kier molecular flexibility index (Phi) is 8.52. The van der Waals surface area contributed by atoms with Gasteiger partial charge in [0.2, 0.25) is 11.8 Å². The third-order valence-corrected chi connectivity index (χ3v) is 5.60. The van der Waals surface area contributed by atoms with Crippen LogP contribution in [0.2, 0.25) is 5.02 Å². The maximum Gasteiger partial charge on any atom is 0.247 e. The predicted octanol–water partition coefficient (Wildman–Crippen LogP) is 5.96. The summed E-state index contributed by atoms with van der Waals surface area (Å²) in [5, 5.41) is 8.19. The Balaban J connectivity index is 1.83. The molecule has 0 fully saturated rings. The molecule has 0 saturated heterocycles. The molecule has 0 radical (unpaired) electrons. The minimum absolute atomic E-state index is 0.0747. The minimum atomic E-state index is -0.305. The van der Waals surface area contributed by atoms with E-state index in [1.54, 1.807) is 21.7 Å². The van der Waals surface area contributed by atoms with Crippen molar-refractivity contribution in [1.82, 2.24) is 14.7 Å². The lowest BCUT2D eigenvalue weighted by Crippen LogP contribution is -2.39. The molecular weight excluding hydrogens is 460 g/mol. The third-order valence-electron chi connectivity index (χ3n) is 5.28. The van der Waals surface area contributed by atoms with E-state index >= 15 is 0 Å². The van der Waals surface area contributed by atoms with Crippen LogP contribution in [-0.2, 0) is 15.0 Å². The molecule has 1 aromatic heterocycles. The maximum absolute atomic E-state index is 13.1. The van der Waals surface area contributed by atoms with Crippen LogP contribution < -0.4 is 5.32 Å². The van der Waals surface area contributed by atoms with Crippen molar-refractivity contribution in [3.05, 3.63) is 83.0 Å². The van der Waals surface area contributed by atoms with Gasteiger partial charge in [0.15, 0.2) is 0 Å². The lowest BCUT2D eigenvalue weighted by molar-refractivity contribution is -0.131. The zero-order valence-corrected chi connectivity index (χ0v) is 21.7. The number of aromatic nitrogens is 2. The monoisotopic (exact) mass is 492 g/mol. The molecule has 3 rings (SSSR count).